The molecule has 82 valence electrons. The fourth-order valence-electron chi connectivity index (χ4n) is 1.36. The highest BCUT2D eigenvalue weighted by Crippen LogP contribution is 2.22. The minimum Gasteiger partial charge on any atom is -0.293 e. The Bertz CT molecular complexity index is 344. The van der Waals surface area contributed by atoms with Gasteiger partial charge in [-0.05, 0) is 17.9 Å². The Hall–Kier alpha value is -0.630. The third-order valence-corrected chi connectivity index (χ3v) is 2.81. The molecule has 1 aromatic carbocycles. The molecule has 1 unspecified atom stereocenters. The first-order chi connectivity index (χ1) is 6.82. The van der Waals surface area contributed by atoms with Crippen molar-refractivity contribution in [3.05, 3.63) is 35.4 Å². The zero-order valence-corrected chi connectivity index (χ0v) is 11.3. The average Bonchev–Trinajstić information content (AvgIpc) is 2.15. The SMILES string of the molecule is CC(Br)C(=O)c1ccc(C(C)(C)C)cc1. The predicted molar refractivity (Wildman–Crippen MR) is 67.9 cm³/mol. The van der Waals surface area contributed by atoms with Gasteiger partial charge in [0, 0.05) is 5.56 Å². The van der Waals surface area contributed by atoms with Gasteiger partial charge in [0.1, 0.15) is 0 Å². The van der Waals surface area contributed by atoms with Gasteiger partial charge >= 0.3 is 0 Å². The van der Waals surface area contributed by atoms with E-state index in [9.17, 15) is 4.79 Å². The van der Waals surface area contributed by atoms with Crippen LogP contribution in [-0.4, -0.2) is 10.6 Å². The average molecular weight is 269 g/mol. The molecule has 0 N–H and O–H groups in total. The van der Waals surface area contributed by atoms with Gasteiger partial charge in [-0.3, -0.25) is 4.79 Å². The lowest BCUT2D eigenvalue weighted by Gasteiger charge is -2.19. The number of carbonyl (C=O) groups excluding carboxylic acids is 1. The minimum absolute atomic E-state index is 0.113. The molecule has 1 nitrogen and oxygen atoms in total. The molecule has 0 aliphatic carbocycles. The highest BCUT2D eigenvalue weighted by molar-refractivity contribution is 9.10. The summed E-state index contributed by atoms with van der Waals surface area (Å²) in [6.07, 6.45) is 0. The second-order valence-electron chi connectivity index (χ2n) is 4.81. The van der Waals surface area contributed by atoms with E-state index in [1.54, 1.807) is 0 Å². The number of rotatable bonds is 2. The van der Waals surface area contributed by atoms with Gasteiger partial charge in [-0.1, -0.05) is 61.0 Å². The number of hydrogen-bond donors (Lipinski definition) is 0. The molecule has 0 aliphatic rings. The number of Topliss-reactive ketones (excluding diaryl/α,β-unsaturated/α-hetero) is 1. The molecule has 0 radical (unpaired) electrons. The Kier molecular flexibility index (Phi) is 3.72. The molecule has 0 fully saturated rings. The zero-order chi connectivity index (χ0) is 11.6. The molecule has 0 aromatic heterocycles. The summed E-state index contributed by atoms with van der Waals surface area (Å²) in [5.41, 5.74) is 2.16. The lowest BCUT2D eigenvalue weighted by atomic mass is 9.86. The fourth-order valence-corrected chi connectivity index (χ4v) is 1.63. The lowest BCUT2D eigenvalue weighted by Crippen LogP contribution is -2.13. The highest BCUT2D eigenvalue weighted by Gasteiger charge is 2.15. The maximum atomic E-state index is 11.7. The molecule has 1 aromatic rings. The minimum atomic E-state index is -0.113. The standard InChI is InChI=1S/C13H17BrO/c1-9(14)12(15)10-5-7-11(8-6-10)13(2,3)4/h5-9H,1-4H3. The van der Waals surface area contributed by atoms with Crippen molar-refractivity contribution in [1.82, 2.24) is 0 Å². The number of hydrogen-bond acceptors (Lipinski definition) is 1. The van der Waals surface area contributed by atoms with Crippen LogP contribution in [0, 0.1) is 0 Å². The van der Waals surface area contributed by atoms with Gasteiger partial charge in [-0.15, -0.1) is 0 Å². The van der Waals surface area contributed by atoms with Crippen LogP contribution in [-0.2, 0) is 5.41 Å². The van der Waals surface area contributed by atoms with Crippen LogP contribution < -0.4 is 0 Å². The third kappa shape index (κ3) is 3.16. The Morgan fingerprint density at radius 1 is 1.20 bits per heavy atom. The molecule has 1 rings (SSSR count). The van der Waals surface area contributed by atoms with Crippen molar-refractivity contribution in [2.75, 3.05) is 0 Å². The first-order valence-electron chi connectivity index (χ1n) is 5.11. The number of carbonyl (C=O) groups is 1. The van der Waals surface area contributed by atoms with Gasteiger partial charge in [0.25, 0.3) is 0 Å². The maximum absolute atomic E-state index is 11.7. The van der Waals surface area contributed by atoms with Gasteiger partial charge < -0.3 is 0 Å². The summed E-state index contributed by atoms with van der Waals surface area (Å²) >= 11 is 3.28. The largest absolute Gasteiger partial charge is 0.293 e. The van der Waals surface area contributed by atoms with E-state index in [-0.39, 0.29) is 16.0 Å². The summed E-state index contributed by atoms with van der Waals surface area (Å²) in [6, 6.07) is 7.87. The van der Waals surface area contributed by atoms with Crippen LogP contribution in [0.4, 0.5) is 0 Å². The molecular weight excluding hydrogens is 252 g/mol. The van der Waals surface area contributed by atoms with Crippen LogP contribution in [0.25, 0.3) is 0 Å². The molecule has 0 amide bonds. The first kappa shape index (κ1) is 12.4. The first-order valence-corrected chi connectivity index (χ1v) is 6.03. The van der Waals surface area contributed by atoms with Gasteiger partial charge in [0.15, 0.2) is 5.78 Å². The predicted octanol–water partition coefficient (Wildman–Crippen LogP) is 3.95. The fraction of sp³-hybridized carbons (Fsp3) is 0.462. The lowest BCUT2D eigenvalue weighted by molar-refractivity contribution is 0.0996. The normalized spacial score (nSPS) is 13.7. The quantitative estimate of drug-likeness (QED) is 0.587. The van der Waals surface area contributed by atoms with Crippen LogP contribution in [0.5, 0.6) is 0 Å². The van der Waals surface area contributed by atoms with Crippen LogP contribution in [0.1, 0.15) is 43.6 Å². The highest BCUT2D eigenvalue weighted by atomic mass is 79.9. The molecule has 0 aliphatic heterocycles. The van der Waals surface area contributed by atoms with Crippen molar-refractivity contribution < 1.29 is 4.79 Å². The van der Waals surface area contributed by atoms with E-state index in [1.165, 1.54) is 5.56 Å². The molecule has 0 heterocycles. The van der Waals surface area contributed by atoms with Gasteiger partial charge in [-0.2, -0.15) is 0 Å². The Balaban J connectivity index is 2.96. The van der Waals surface area contributed by atoms with E-state index in [4.69, 9.17) is 0 Å². The smallest absolute Gasteiger partial charge is 0.176 e. The second-order valence-corrected chi connectivity index (χ2v) is 6.18. The topological polar surface area (TPSA) is 17.1 Å². The summed E-state index contributed by atoms with van der Waals surface area (Å²) in [7, 11) is 0. The summed E-state index contributed by atoms with van der Waals surface area (Å²) in [5, 5.41) is 0. The molecular formula is C13H17BrO. The van der Waals surface area contributed by atoms with E-state index < -0.39 is 0 Å². The molecule has 0 spiro atoms. The monoisotopic (exact) mass is 268 g/mol. The maximum Gasteiger partial charge on any atom is 0.176 e. The summed E-state index contributed by atoms with van der Waals surface area (Å²) in [6.45, 7) is 8.34. The molecule has 2 heteroatoms. The summed E-state index contributed by atoms with van der Waals surface area (Å²) in [5.74, 6) is 0.135. The van der Waals surface area contributed by atoms with E-state index in [1.807, 2.05) is 31.2 Å². The Morgan fingerprint density at radius 3 is 2.00 bits per heavy atom. The number of benzene rings is 1. The van der Waals surface area contributed by atoms with E-state index >= 15 is 0 Å². The summed E-state index contributed by atoms with van der Waals surface area (Å²) in [4.78, 5) is 11.5. The van der Waals surface area contributed by atoms with E-state index in [0.29, 0.717) is 0 Å². The van der Waals surface area contributed by atoms with Gasteiger partial charge in [0.2, 0.25) is 0 Å². The van der Waals surface area contributed by atoms with Crippen molar-refractivity contribution in [3.8, 4) is 0 Å². The van der Waals surface area contributed by atoms with Crippen molar-refractivity contribution >= 4 is 21.7 Å². The van der Waals surface area contributed by atoms with Crippen LogP contribution in [0.15, 0.2) is 24.3 Å². The summed E-state index contributed by atoms with van der Waals surface area (Å²) < 4.78 is 0. The van der Waals surface area contributed by atoms with Crippen molar-refractivity contribution in [3.63, 3.8) is 0 Å². The molecule has 1 atom stereocenters. The third-order valence-electron chi connectivity index (χ3n) is 2.40. The van der Waals surface area contributed by atoms with Crippen molar-refractivity contribution in [2.24, 2.45) is 0 Å². The van der Waals surface area contributed by atoms with Gasteiger partial charge in [-0.25, -0.2) is 0 Å². The number of ketones is 1. The van der Waals surface area contributed by atoms with Crippen LogP contribution in [0.2, 0.25) is 0 Å². The number of halogens is 1. The van der Waals surface area contributed by atoms with Gasteiger partial charge in [0.05, 0.1) is 4.83 Å². The number of alkyl halides is 1. The molecule has 0 saturated heterocycles. The molecule has 15 heavy (non-hydrogen) atoms. The second kappa shape index (κ2) is 4.48. The Labute approximate surface area is 100 Å². The van der Waals surface area contributed by atoms with Crippen molar-refractivity contribution in [2.45, 2.75) is 37.9 Å². The van der Waals surface area contributed by atoms with Crippen LogP contribution >= 0.6 is 15.9 Å². The van der Waals surface area contributed by atoms with E-state index in [2.05, 4.69) is 36.7 Å². The molecule has 0 bridgehead atoms. The zero-order valence-electron chi connectivity index (χ0n) is 9.67. The van der Waals surface area contributed by atoms with Crippen molar-refractivity contribution in [1.29, 1.82) is 0 Å². The van der Waals surface area contributed by atoms with E-state index in [0.717, 1.165) is 5.56 Å². The van der Waals surface area contributed by atoms with Crippen LogP contribution in [0.3, 0.4) is 0 Å². The Morgan fingerprint density at radius 2 is 1.67 bits per heavy atom. The molecule has 0 saturated carbocycles.